The summed E-state index contributed by atoms with van der Waals surface area (Å²) in [7, 11) is -1.95. The third kappa shape index (κ3) is 3.47. The van der Waals surface area contributed by atoms with Crippen LogP contribution in [0.2, 0.25) is 0 Å². The van der Waals surface area contributed by atoms with Gasteiger partial charge in [0.25, 0.3) is 0 Å². The van der Waals surface area contributed by atoms with Gasteiger partial charge in [-0.25, -0.2) is 13.1 Å². The number of nitrogens with one attached hydrogen (secondary N) is 1. The molecule has 2 aromatic carbocycles. The van der Waals surface area contributed by atoms with E-state index < -0.39 is 10.0 Å². The third-order valence-electron chi connectivity index (χ3n) is 3.76. The minimum absolute atomic E-state index is 0.162. The van der Waals surface area contributed by atoms with Crippen LogP contribution in [0.25, 0.3) is 0 Å². The summed E-state index contributed by atoms with van der Waals surface area (Å²) in [6.07, 6.45) is 0.512. The molecule has 1 heterocycles. The maximum absolute atomic E-state index is 12.3. The Morgan fingerprint density at radius 3 is 2.62 bits per heavy atom. The Bertz CT molecular complexity index is 831. The fraction of sp³-hybridized carbons (Fsp3) is 0.294. The molecule has 0 aromatic heterocycles. The Balaban J connectivity index is 1.67. The van der Waals surface area contributed by atoms with E-state index >= 15 is 0 Å². The standard InChI is InChI=1S/C17H19NO5S/c1-12-3-5-14(6-4-12)24(19,20)18-8-7-13-9-15(21-2)17-16(10-13)22-11-23-17/h3-6,9-10,18H,7-8,11H2,1-2H3. The Hall–Kier alpha value is -2.25. The fourth-order valence-corrected chi connectivity index (χ4v) is 3.49. The smallest absolute Gasteiger partial charge is 0.240 e. The number of fused-ring (bicyclic) bond motifs is 1. The highest BCUT2D eigenvalue weighted by Gasteiger charge is 2.20. The van der Waals surface area contributed by atoms with Gasteiger partial charge in [-0.1, -0.05) is 17.7 Å². The van der Waals surface area contributed by atoms with Crippen LogP contribution in [0, 0.1) is 6.92 Å². The van der Waals surface area contributed by atoms with E-state index in [1.165, 1.54) is 0 Å². The van der Waals surface area contributed by atoms with Crippen LogP contribution in [-0.4, -0.2) is 28.9 Å². The van der Waals surface area contributed by atoms with Crippen molar-refractivity contribution in [1.82, 2.24) is 4.72 Å². The van der Waals surface area contributed by atoms with Crippen molar-refractivity contribution in [3.63, 3.8) is 0 Å². The molecular weight excluding hydrogens is 330 g/mol. The van der Waals surface area contributed by atoms with E-state index in [-0.39, 0.29) is 18.2 Å². The van der Waals surface area contributed by atoms with Gasteiger partial charge in [-0.05, 0) is 43.2 Å². The second-order valence-corrected chi connectivity index (χ2v) is 7.26. The number of methoxy groups -OCH3 is 1. The van der Waals surface area contributed by atoms with E-state index in [4.69, 9.17) is 14.2 Å². The monoisotopic (exact) mass is 349 g/mol. The summed E-state index contributed by atoms with van der Waals surface area (Å²) in [5.74, 6) is 1.79. The summed E-state index contributed by atoms with van der Waals surface area (Å²) < 4.78 is 43.1. The first-order chi connectivity index (χ1) is 11.5. The molecule has 0 spiro atoms. The maximum atomic E-state index is 12.3. The number of aryl methyl sites for hydroxylation is 1. The molecule has 24 heavy (non-hydrogen) atoms. The highest BCUT2D eigenvalue weighted by atomic mass is 32.2. The van der Waals surface area contributed by atoms with Crippen molar-refractivity contribution in [2.24, 2.45) is 0 Å². The molecular formula is C17H19NO5S. The van der Waals surface area contributed by atoms with E-state index in [1.807, 2.05) is 19.1 Å². The zero-order chi connectivity index (χ0) is 17.2. The van der Waals surface area contributed by atoms with Crippen molar-refractivity contribution in [1.29, 1.82) is 0 Å². The highest BCUT2D eigenvalue weighted by Crippen LogP contribution is 2.41. The van der Waals surface area contributed by atoms with Crippen LogP contribution in [0.1, 0.15) is 11.1 Å². The van der Waals surface area contributed by atoms with Crippen LogP contribution in [0.4, 0.5) is 0 Å². The van der Waals surface area contributed by atoms with Crippen molar-refractivity contribution in [3.05, 3.63) is 47.5 Å². The van der Waals surface area contributed by atoms with Gasteiger partial charge in [-0.2, -0.15) is 0 Å². The molecule has 0 saturated heterocycles. The summed E-state index contributed by atoms with van der Waals surface area (Å²) in [6.45, 7) is 2.35. The van der Waals surface area contributed by atoms with Gasteiger partial charge in [0.2, 0.25) is 22.6 Å². The van der Waals surface area contributed by atoms with E-state index in [9.17, 15) is 8.42 Å². The van der Waals surface area contributed by atoms with Crippen LogP contribution < -0.4 is 18.9 Å². The van der Waals surface area contributed by atoms with Gasteiger partial charge < -0.3 is 14.2 Å². The lowest BCUT2D eigenvalue weighted by molar-refractivity contribution is 0.171. The van der Waals surface area contributed by atoms with Crippen LogP contribution >= 0.6 is 0 Å². The number of hydrogen-bond donors (Lipinski definition) is 1. The van der Waals surface area contributed by atoms with Crippen LogP contribution in [0.3, 0.4) is 0 Å². The van der Waals surface area contributed by atoms with E-state index in [0.29, 0.717) is 23.7 Å². The molecule has 7 heteroatoms. The molecule has 0 amide bonds. The fourth-order valence-electron chi connectivity index (χ4n) is 2.46. The second-order valence-electron chi connectivity index (χ2n) is 5.49. The lowest BCUT2D eigenvalue weighted by Gasteiger charge is -2.10. The van der Waals surface area contributed by atoms with Crippen LogP contribution in [0.5, 0.6) is 17.2 Å². The summed E-state index contributed by atoms with van der Waals surface area (Å²) in [5, 5.41) is 0. The molecule has 0 atom stereocenters. The molecule has 128 valence electrons. The molecule has 0 radical (unpaired) electrons. The second kappa shape index (κ2) is 6.70. The molecule has 0 saturated carbocycles. The van der Waals surface area contributed by atoms with Gasteiger partial charge >= 0.3 is 0 Å². The normalized spacial score (nSPS) is 13.1. The quantitative estimate of drug-likeness (QED) is 0.866. The van der Waals surface area contributed by atoms with E-state index in [0.717, 1.165) is 11.1 Å². The number of hydrogen-bond acceptors (Lipinski definition) is 5. The van der Waals surface area contributed by atoms with Crippen molar-refractivity contribution < 1.29 is 22.6 Å². The zero-order valence-electron chi connectivity index (χ0n) is 13.5. The molecule has 0 unspecified atom stereocenters. The SMILES string of the molecule is COc1cc(CCNS(=O)(=O)c2ccc(C)cc2)cc2c1OCO2. The van der Waals surface area contributed by atoms with Gasteiger partial charge in [-0.3, -0.25) is 0 Å². The molecule has 2 aromatic rings. The molecule has 1 aliphatic rings. The zero-order valence-corrected chi connectivity index (χ0v) is 14.4. The third-order valence-corrected chi connectivity index (χ3v) is 5.23. The first-order valence-electron chi connectivity index (χ1n) is 7.52. The number of ether oxygens (including phenoxy) is 3. The van der Waals surface area contributed by atoms with Gasteiger partial charge in [0, 0.05) is 6.54 Å². The largest absolute Gasteiger partial charge is 0.493 e. The highest BCUT2D eigenvalue weighted by molar-refractivity contribution is 7.89. The van der Waals surface area contributed by atoms with E-state index in [2.05, 4.69) is 4.72 Å². The molecule has 3 rings (SSSR count). The molecule has 0 fully saturated rings. The number of benzene rings is 2. The van der Waals surface area contributed by atoms with Gasteiger partial charge in [0.1, 0.15) is 0 Å². The van der Waals surface area contributed by atoms with Crippen LogP contribution in [-0.2, 0) is 16.4 Å². The number of rotatable bonds is 6. The number of sulfonamides is 1. The predicted octanol–water partition coefficient (Wildman–Crippen LogP) is 2.25. The summed E-state index contributed by atoms with van der Waals surface area (Å²) >= 11 is 0. The Labute approximate surface area is 141 Å². The summed E-state index contributed by atoms with van der Waals surface area (Å²) in [5.41, 5.74) is 1.92. The van der Waals surface area contributed by atoms with Gasteiger partial charge in [-0.15, -0.1) is 0 Å². The van der Waals surface area contributed by atoms with Crippen molar-refractivity contribution >= 4 is 10.0 Å². The average Bonchev–Trinajstić information content (AvgIpc) is 3.03. The Morgan fingerprint density at radius 1 is 1.17 bits per heavy atom. The molecule has 6 nitrogen and oxygen atoms in total. The van der Waals surface area contributed by atoms with Crippen molar-refractivity contribution in [3.8, 4) is 17.2 Å². The first kappa shape index (κ1) is 16.6. The van der Waals surface area contributed by atoms with Crippen molar-refractivity contribution in [2.45, 2.75) is 18.2 Å². The minimum Gasteiger partial charge on any atom is -0.493 e. The Kier molecular flexibility index (Phi) is 4.64. The lowest BCUT2D eigenvalue weighted by Crippen LogP contribution is -2.26. The predicted molar refractivity (Wildman–Crippen MR) is 89.2 cm³/mol. The molecule has 0 aliphatic carbocycles. The van der Waals surface area contributed by atoms with E-state index in [1.54, 1.807) is 31.4 Å². The van der Waals surface area contributed by atoms with Crippen molar-refractivity contribution in [2.75, 3.05) is 20.4 Å². The van der Waals surface area contributed by atoms with Crippen LogP contribution in [0.15, 0.2) is 41.3 Å². The lowest BCUT2D eigenvalue weighted by atomic mass is 10.1. The molecule has 1 N–H and O–H groups in total. The minimum atomic E-state index is -3.51. The summed E-state index contributed by atoms with van der Waals surface area (Å²) in [6, 6.07) is 10.4. The van der Waals surface area contributed by atoms with Gasteiger partial charge in [0.05, 0.1) is 12.0 Å². The molecule has 1 aliphatic heterocycles. The first-order valence-corrected chi connectivity index (χ1v) is 9.01. The molecule has 0 bridgehead atoms. The Morgan fingerprint density at radius 2 is 1.92 bits per heavy atom. The maximum Gasteiger partial charge on any atom is 0.240 e. The average molecular weight is 349 g/mol. The topological polar surface area (TPSA) is 73.9 Å². The van der Waals surface area contributed by atoms with Gasteiger partial charge in [0.15, 0.2) is 11.5 Å². The summed E-state index contributed by atoms with van der Waals surface area (Å²) in [4.78, 5) is 0.261.